The van der Waals surface area contributed by atoms with Gasteiger partial charge in [0.1, 0.15) is 0 Å². The van der Waals surface area contributed by atoms with Crippen LogP contribution in [0.5, 0.6) is 0 Å². The molecule has 2 aromatic heterocycles. The normalized spacial score (nSPS) is 11.0. The van der Waals surface area contributed by atoms with Crippen LogP contribution in [-0.4, -0.2) is 4.98 Å². The van der Waals surface area contributed by atoms with Crippen molar-refractivity contribution in [3.8, 4) is 16.8 Å². The van der Waals surface area contributed by atoms with E-state index in [1.54, 1.807) is 0 Å². The summed E-state index contributed by atoms with van der Waals surface area (Å²) in [5.41, 5.74) is 2.77. The second-order valence-electron chi connectivity index (χ2n) is 5.63. The number of nitrogens with one attached hydrogen (secondary N) is 1. The first-order valence-corrected chi connectivity index (χ1v) is 8.89. The third kappa shape index (κ3) is 2.88. The van der Waals surface area contributed by atoms with Crippen LogP contribution in [-0.2, 0) is 0 Å². The zero-order chi connectivity index (χ0) is 17.4. The first kappa shape index (κ1) is 16.1. The molecule has 0 radical (unpaired) electrons. The number of halogens is 2. The second-order valence-corrected chi connectivity index (χ2v) is 6.95. The van der Waals surface area contributed by atoms with Crippen molar-refractivity contribution in [1.82, 2.24) is 4.98 Å². The third-order valence-electron chi connectivity index (χ3n) is 4.07. The summed E-state index contributed by atoms with van der Waals surface area (Å²) < 4.78 is 2.75. The molecule has 0 saturated carbocycles. The van der Waals surface area contributed by atoms with E-state index in [2.05, 4.69) is 20.9 Å². The van der Waals surface area contributed by atoms with Crippen molar-refractivity contribution in [2.75, 3.05) is 0 Å². The predicted octanol–water partition coefficient (Wildman–Crippen LogP) is 4.89. The molecule has 0 aliphatic rings. The second kappa shape index (κ2) is 6.47. The van der Waals surface area contributed by atoms with Gasteiger partial charge in [0.15, 0.2) is 12.4 Å². The van der Waals surface area contributed by atoms with Crippen molar-refractivity contribution in [3.05, 3.63) is 92.9 Å². The van der Waals surface area contributed by atoms with Crippen LogP contribution in [0, 0.1) is 0 Å². The maximum absolute atomic E-state index is 12.9. The smallest absolute Gasteiger partial charge is 0.316 e. The van der Waals surface area contributed by atoms with Crippen LogP contribution in [0.1, 0.15) is 0 Å². The number of nitrogens with zero attached hydrogens (tertiary/aromatic N) is 1. The molecule has 0 spiro atoms. The molecule has 1 N–H and O–H groups in total. The first-order valence-electron chi connectivity index (χ1n) is 7.72. The molecule has 4 rings (SSSR count). The van der Waals surface area contributed by atoms with E-state index < -0.39 is 0 Å². The molecule has 0 fully saturated rings. The highest BCUT2D eigenvalue weighted by Gasteiger charge is 2.23. The van der Waals surface area contributed by atoms with Gasteiger partial charge in [-0.3, -0.25) is 4.79 Å². The minimum absolute atomic E-state index is 0.166. The van der Waals surface area contributed by atoms with E-state index in [-0.39, 0.29) is 5.56 Å². The standard InChI is InChI=1S/C20H12BrClN2O/c21-13-8-9-17-15(12-13)18(14-6-2-3-7-16(14)22)19(20(25)23-17)24-10-4-1-5-11-24/h1-12H/p+1. The van der Waals surface area contributed by atoms with Crippen LogP contribution < -0.4 is 10.1 Å². The predicted molar refractivity (Wildman–Crippen MR) is 104 cm³/mol. The summed E-state index contributed by atoms with van der Waals surface area (Å²) in [5.74, 6) is 0. The highest BCUT2D eigenvalue weighted by molar-refractivity contribution is 9.10. The topological polar surface area (TPSA) is 36.7 Å². The maximum Gasteiger partial charge on any atom is 0.321 e. The molecule has 0 unspecified atom stereocenters. The van der Waals surface area contributed by atoms with Crippen molar-refractivity contribution in [3.63, 3.8) is 0 Å². The van der Waals surface area contributed by atoms with Gasteiger partial charge in [-0.05, 0) is 24.3 Å². The Kier molecular flexibility index (Phi) is 4.15. The Labute approximate surface area is 157 Å². The van der Waals surface area contributed by atoms with E-state index in [9.17, 15) is 4.79 Å². The van der Waals surface area contributed by atoms with E-state index in [1.165, 1.54) is 0 Å². The fraction of sp³-hybridized carbons (Fsp3) is 0. The van der Waals surface area contributed by atoms with Gasteiger partial charge in [-0.15, -0.1) is 0 Å². The number of aromatic nitrogens is 2. The third-order valence-corrected chi connectivity index (χ3v) is 4.89. The van der Waals surface area contributed by atoms with Crippen LogP contribution in [0.2, 0.25) is 5.02 Å². The number of hydrogen-bond donors (Lipinski definition) is 1. The van der Waals surface area contributed by atoms with Crippen LogP contribution in [0.25, 0.3) is 27.7 Å². The molecule has 0 aliphatic heterocycles. The molecule has 2 aromatic carbocycles. The Morgan fingerprint density at radius 1 is 0.960 bits per heavy atom. The lowest BCUT2D eigenvalue weighted by Crippen LogP contribution is -2.37. The summed E-state index contributed by atoms with van der Waals surface area (Å²) in [7, 11) is 0. The molecule has 2 heterocycles. The molecule has 0 atom stereocenters. The molecule has 0 aliphatic carbocycles. The van der Waals surface area contributed by atoms with Crippen molar-refractivity contribution in [1.29, 1.82) is 0 Å². The lowest BCUT2D eigenvalue weighted by molar-refractivity contribution is -0.596. The molecular formula is C20H13BrClN2O+. The maximum atomic E-state index is 12.9. The van der Waals surface area contributed by atoms with Crippen molar-refractivity contribution < 1.29 is 4.57 Å². The van der Waals surface area contributed by atoms with E-state index in [0.717, 1.165) is 26.5 Å². The summed E-state index contributed by atoms with van der Waals surface area (Å²) in [5, 5.41) is 1.53. The zero-order valence-corrected chi connectivity index (χ0v) is 15.4. The van der Waals surface area contributed by atoms with Gasteiger partial charge in [0.25, 0.3) is 5.69 Å². The minimum Gasteiger partial charge on any atom is -0.316 e. The van der Waals surface area contributed by atoms with Crippen molar-refractivity contribution >= 4 is 38.4 Å². The fourth-order valence-corrected chi connectivity index (χ4v) is 3.58. The molecule has 3 nitrogen and oxygen atoms in total. The average Bonchev–Trinajstić information content (AvgIpc) is 2.62. The Morgan fingerprint density at radius 3 is 2.48 bits per heavy atom. The van der Waals surface area contributed by atoms with Gasteiger partial charge in [0.05, 0.1) is 5.56 Å². The van der Waals surface area contributed by atoms with Gasteiger partial charge in [-0.25, -0.2) is 0 Å². The van der Waals surface area contributed by atoms with E-state index in [0.29, 0.717) is 10.7 Å². The van der Waals surface area contributed by atoms with Gasteiger partial charge < -0.3 is 4.98 Å². The molecule has 0 amide bonds. The highest BCUT2D eigenvalue weighted by atomic mass is 79.9. The molecule has 0 saturated heterocycles. The van der Waals surface area contributed by atoms with E-state index >= 15 is 0 Å². The Bertz CT molecular complexity index is 1140. The molecule has 5 heteroatoms. The number of benzene rings is 2. The quantitative estimate of drug-likeness (QED) is 0.468. The largest absolute Gasteiger partial charge is 0.321 e. The van der Waals surface area contributed by atoms with Gasteiger partial charge >= 0.3 is 5.56 Å². The molecule has 0 bridgehead atoms. The van der Waals surface area contributed by atoms with E-state index in [1.807, 2.05) is 77.6 Å². The average molecular weight is 413 g/mol. The first-order chi connectivity index (χ1) is 12.1. The van der Waals surface area contributed by atoms with Crippen molar-refractivity contribution in [2.45, 2.75) is 0 Å². The fourth-order valence-electron chi connectivity index (χ4n) is 2.99. The number of hydrogen-bond acceptors (Lipinski definition) is 1. The summed E-state index contributed by atoms with van der Waals surface area (Å²) in [4.78, 5) is 15.9. The number of aromatic amines is 1. The lowest BCUT2D eigenvalue weighted by atomic mass is 9.99. The Morgan fingerprint density at radius 2 is 1.72 bits per heavy atom. The van der Waals surface area contributed by atoms with Crippen LogP contribution in [0.15, 0.2) is 82.3 Å². The SMILES string of the molecule is O=c1[nH]c2ccc(Br)cc2c(-c2ccccc2Cl)c1-[n+]1ccccc1. The van der Waals surface area contributed by atoms with E-state index in [4.69, 9.17) is 11.6 Å². The van der Waals surface area contributed by atoms with Gasteiger partial charge in [-0.2, -0.15) is 4.57 Å². The molecule has 25 heavy (non-hydrogen) atoms. The van der Waals surface area contributed by atoms with Gasteiger partial charge in [0, 0.05) is 38.1 Å². The lowest BCUT2D eigenvalue weighted by Gasteiger charge is -2.11. The van der Waals surface area contributed by atoms with Crippen molar-refractivity contribution in [2.24, 2.45) is 0 Å². The Hall–Kier alpha value is -2.43. The van der Waals surface area contributed by atoms with Gasteiger partial charge in [0.2, 0.25) is 0 Å². The zero-order valence-electron chi connectivity index (χ0n) is 13.0. The summed E-state index contributed by atoms with van der Waals surface area (Å²) in [6.45, 7) is 0. The summed E-state index contributed by atoms with van der Waals surface area (Å²) in [6.07, 6.45) is 3.71. The minimum atomic E-state index is -0.166. The molecule has 122 valence electrons. The Balaban J connectivity index is 2.22. The molecule has 4 aromatic rings. The van der Waals surface area contributed by atoms with Crippen LogP contribution >= 0.6 is 27.5 Å². The number of fused-ring (bicyclic) bond motifs is 1. The van der Waals surface area contributed by atoms with Gasteiger partial charge in [-0.1, -0.05) is 51.8 Å². The van der Waals surface area contributed by atoms with Crippen LogP contribution in [0.3, 0.4) is 0 Å². The number of pyridine rings is 2. The molecular weight excluding hydrogens is 400 g/mol. The summed E-state index contributed by atoms with van der Waals surface area (Å²) in [6, 6.07) is 19.1. The summed E-state index contributed by atoms with van der Waals surface area (Å²) >= 11 is 10.0. The monoisotopic (exact) mass is 411 g/mol. The highest BCUT2D eigenvalue weighted by Crippen LogP contribution is 2.35. The number of rotatable bonds is 2. The number of H-pyrrole nitrogens is 1. The van der Waals surface area contributed by atoms with Crippen LogP contribution in [0.4, 0.5) is 0 Å².